The fourth-order valence-electron chi connectivity index (χ4n) is 2.60. The Labute approximate surface area is 101 Å². The molecule has 0 aromatic carbocycles. The summed E-state index contributed by atoms with van der Waals surface area (Å²) in [4.78, 5) is 4.30. The standard InChI is InChI=1S/C12H20N2OS/c1-15-12(5-3-2-4-6-12)10(13)9-11-14-7-8-16-11/h7-8,10H,2-6,9,13H2,1H3. The maximum absolute atomic E-state index is 6.33. The molecule has 1 saturated carbocycles. The van der Waals surface area contributed by atoms with Crippen molar-refractivity contribution in [2.24, 2.45) is 5.73 Å². The van der Waals surface area contributed by atoms with Crippen LogP contribution in [0.4, 0.5) is 0 Å². The van der Waals surface area contributed by atoms with Gasteiger partial charge < -0.3 is 10.5 Å². The molecule has 0 aliphatic heterocycles. The third-order valence-electron chi connectivity index (χ3n) is 3.66. The maximum atomic E-state index is 6.33. The van der Waals surface area contributed by atoms with Gasteiger partial charge >= 0.3 is 0 Å². The molecule has 2 N–H and O–H groups in total. The quantitative estimate of drug-likeness (QED) is 0.879. The zero-order valence-electron chi connectivity index (χ0n) is 9.82. The van der Waals surface area contributed by atoms with E-state index in [9.17, 15) is 0 Å². The predicted molar refractivity (Wildman–Crippen MR) is 66.6 cm³/mol. The minimum absolute atomic E-state index is 0.0731. The second kappa shape index (κ2) is 5.25. The van der Waals surface area contributed by atoms with Gasteiger partial charge in [0.15, 0.2) is 0 Å². The van der Waals surface area contributed by atoms with E-state index < -0.39 is 0 Å². The van der Waals surface area contributed by atoms with E-state index in [4.69, 9.17) is 10.5 Å². The molecule has 4 heteroatoms. The minimum Gasteiger partial charge on any atom is -0.377 e. The van der Waals surface area contributed by atoms with E-state index in [0.717, 1.165) is 24.3 Å². The smallest absolute Gasteiger partial charge is 0.0941 e. The average Bonchev–Trinajstić information content (AvgIpc) is 2.82. The summed E-state index contributed by atoms with van der Waals surface area (Å²) >= 11 is 1.68. The lowest BCUT2D eigenvalue weighted by molar-refractivity contribution is -0.0582. The van der Waals surface area contributed by atoms with Crippen molar-refractivity contribution in [3.8, 4) is 0 Å². The zero-order chi connectivity index (χ0) is 11.4. The number of ether oxygens (including phenoxy) is 1. The Morgan fingerprint density at radius 1 is 1.50 bits per heavy atom. The minimum atomic E-state index is -0.107. The molecule has 1 aliphatic carbocycles. The van der Waals surface area contributed by atoms with Crippen molar-refractivity contribution in [3.05, 3.63) is 16.6 Å². The summed E-state index contributed by atoms with van der Waals surface area (Å²) in [6.45, 7) is 0. The van der Waals surface area contributed by atoms with E-state index in [-0.39, 0.29) is 11.6 Å². The third kappa shape index (κ3) is 2.44. The van der Waals surface area contributed by atoms with Crippen LogP contribution in [0.25, 0.3) is 0 Å². The molecule has 0 radical (unpaired) electrons. The van der Waals surface area contributed by atoms with Gasteiger partial charge in [-0.05, 0) is 12.8 Å². The Morgan fingerprint density at radius 3 is 2.81 bits per heavy atom. The van der Waals surface area contributed by atoms with Crippen LogP contribution in [0.2, 0.25) is 0 Å². The van der Waals surface area contributed by atoms with Gasteiger partial charge in [0.1, 0.15) is 0 Å². The summed E-state index contributed by atoms with van der Waals surface area (Å²) in [6.07, 6.45) is 8.65. The molecule has 1 aromatic rings. The van der Waals surface area contributed by atoms with Crippen molar-refractivity contribution in [1.29, 1.82) is 0 Å². The number of aromatic nitrogens is 1. The molecule has 0 spiro atoms. The number of thiazole rings is 1. The number of rotatable bonds is 4. The highest BCUT2D eigenvalue weighted by atomic mass is 32.1. The van der Waals surface area contributed by atoms with Crippen LogP contribution in [0, 0.1) is 0 Å². The van der Waals surface area contributed by atoms with Gasteiger partial charge in [-0.1, -0.05) is 19.3 Å². The van der Waals surface area contributed by atoms with Gasteiger partial charge in [-0.15, -0.1) is 11.3 Å². The highest BCUT2D eigenvalue weighted by Crippen LogP contribution is 2.34. The molecule has 0 amide bonds. The molecule has 90 valence electrons. The first-order valence-corrected chi connectivity index (χ1v) is 6.84. The second-order valence-electron chi connectivity index (χ2n) is 4.57. The van der Waals surface area contributed by atoms with E-state index in [1.807, 2.05) is 11.6 Å². The van der Waals surface area contributed by atoms with Crippen molar-refractivity contribution in [2.75, 3.05) is 7.11 Å². The molecule has 1 aliphatic rings. The lowest BCUT2D eigenvalue weighted by atomic mass is 9.78. The van der Waals surface area contributed by atoms with E-state index in [1.165, 1.54) is 19.3 Å². The highest BCUT2D eigenvalue weighted by Gasteiger charge is 2.38. The largest absolute Gasteiger partial charge is 0.377 e. The SMILES string of the molecule is COC1(C(N)Cc2nccs2)CCCCC1. The molecule has 2 rings (SSSR count). The topological polar surface area (TPSA) is 48.1 Å². The molecule has 1 unspecified atom stereocenters. The molecule has 1 aromatic heterocycles. The van der Waals surface area contributed by atoms with Gasteiger partial charge in [-0.2, -0.15) is 0 Å². The summed E-state index contributed by atoms with van der Waals surface area (Å²) in [5, 5.41) is 3.12. The number of hydrogen-bond donors (Lipinski definition) is 1. The molecule has 0 bridgehead atoms. The second-order valence-corrected chi connectivity index (χ2v) is 5.55. The maximum Gasteiger partial charge on any atom is 0.0941 e. The van der Waals surface area contributed by atoms with Crippen molar-refractivity contribution in [3.63, 3.8) is 0 Å². The number of methoxy groups -OCH3 is 1. The Hall–Kier alpha value is -0.450. The summed E-state index contributed by atoms with van der Waals surface area (Å²) in [6, 6.07) is 0.0731. The Kier molecular flexibility index (Phi) is 3.95. The van der Waals surface area contributed by atoms with Crippen LogP contribution < -0.4 is 5.73 Å². The molecule has 1 fully saturated rings. The van der Waals surface area contributed by atoms with Crippen LogP contribution in [0.5, 0.6) is 0 Å². The third-order valence-corrected chi connectivity index (χ3v) is 4.46. The molecule has 1 heterocycles. The van der Waals surface area contributed by atoms with Crippen molar-refractivity contribution in [2.45, 2.75) is 50.2 Å². The Morgan fingerprint density at radius 2 is 2.25 bits per heavy atom. The van der Waals surface area contributed by atoms with Crippen molar-refractivity contribution >= 4 is 11.3 Å². The average molecular weight is 240 g/mol. The van der Waals surface area contributed by atoms with Crippen molar-refractivity contribution in [1.82, 2.24) is 4.98 Å². The first kappa shape index (κ1) is 12.0. The summed E-state index contributed by atoms with van der Waals surface area (Å²) in [5.74, 6) is 0. The number of nitrogens with two attached hydrogens (primary N) is 1. The van der Waals surface area contributed by atoms with Gasteiger partial charge in [0.05, 0.1) is 10.6 Å². The number of nitrogens with zero attached hydrogens (tertiary/aromatic N) is 1. The molecular weight excluding hydrogens is 220 g/mol. The monoisotopic (exact) mass is 240 g/mol. The van der Waals surface area contributed by atoms with Gasteiger partial charge in [0.25, 0.3) is 0 Å². The van der Waals surface area contributed by atoms with E-state index in [0.29, 0.717) is 0 Å². The summed E-state index contributed by atoms with van der Waals surface area (Å²) < 4.78 is 5.74. The summed E-state index contributed by atoms with van der Waals surface area (Å²) in [7, 11) is 1.80. The van der Waals surface area contributed by atoms with E-state index >= 15 is 0 Å². The van der Waals surface area contributed by atoms with Crippen LogP contribution in [0.1, 0.15) is 37.1 Å². The van der Waals surface area contributed by atoms with Gasteiger partial charge in [-0.25, -0.2) is 4.98 Å². The molecule has 16 heavy (non-hydrogen) atoms. The molecule has 0 saturated heterocycles. The van der Waals surface area contributed by atoms with Gasteiger partial charge in [0.2, 0.25) is 0 Å². The first-order valence-electron chi connectivity index (χ1n) is 5.96. The first-order chi connectivity index (χ1) is 7.77. The van der Waals surface area contributed by atoms with Crippen LogP contribution in [-0.2, 0) is 11.2 Å². The molecule has 3 nitrogen and oxygen atoms in total. The van der Waals surface area contributed by atoms with Crippen LogP contribution in [-0.4, -0.2) is 23.7 Å². The van der Waals surface area contributed by atoms with Crippen molar-refractivity contribution < 1.29 is 4.74 Å². The van der Waals surface area contributed by atoms with Gasteiger partial charge in [-0.3, -0.25) is 0 Å². The lowest BCUT2D eigenvalue weighted by Crippen LogP contribution is -2.51. The summed E-state index contributed by atoms with van der Waals surface area (Å²) in [5.41, 5.74) is 6.22. The normalized spacial score (nSPS) is 21.9. The predicted octanol–water partition coefficient (Wildman–Crippen LogP) is 2.36. The zero-order valence-corrected chi connectivity index (χ0v) is 10.6. The number of hydrogen-bond acceptors (Lipinski definition) is 4. The van der Waals surface area contributed by atoms with Gasteiger partial charge in [0, 0.05) is 31.1 Å². The van der Waals surface area contributed by atoms with Crippen LogP contribution in [0.3, 0.4) is 0 Å². The van der Waals surface area contributed by atoms with E-state index in [2.05, 4.69) is 4.98 Å². The van der Waals surface area contributed by atoms with Crippen LogP contribution >= 0.6 is 11.3 Å². The lowest BCUT2D eigenvalue weighted by Gasteiger charge is -2.40. The Balaban J connectivity index is 2.02. The fraction of sp³-hybridized carbons (Fsp3) is 0.750. The van der Waals surface area contributed by atoms with Crippen LogP contribution in [0.15, 0.2) is 11.6 Å². The fourth-order valence-corrected chi connectivity index (χ4v) is 3.28. The Bertz CT molecular complexity index is 307. The molecular formula is C12H20N2OS. The highest BCUT2D eigenvalue weighted by molar-refractivity contribution is 7.09. The van der Waals surface area contributed by atoms with E-state index in [1.54, 1.807) is 18.4 Å². The molecule has 1 atom stereocenters.